The molecule has 0 radical (unpaired) electrons. The van der Waals surface area contributed by atoms with Gasteiger partial charge in [0.25, 0.3) is 0 Å². The second kappa shape index (κ2) is 10.3. The predicted molar refractivity (Wildman–Crippen MR) is 128 cm³/mol. The molecule has 5 heteroatoms. The van der Waals surface area contributed by atoms with Crippen LogP contribution in [0.2, 0.25) is 0 Å². The second-order valence-corrected chi connectivity index (χ2v) is 7.82. The summed E-state index contributed by atoms with van der Waals surface area (Å²) in [6, 6.07) is 15.3. The summed E-state index contributed by atoms with van der Waals surface area (Å²) in [5.41, 5.74) is 12.6. The van der Waals surface area contributed by atoms with E-state index in [-0.39, 0.29) is 24.0 Å². The molecule has 4 rings (SSSR count). The highest BCUT2D eigenvalue weighted by Gasteiger charge is 2.11. The van der Waals surface area contributed by atoms with Crippen molar-refractivity contribution in [1.29, 1.82) is 0 Å². The molecule has 150 valence electrons. The Bertz CT molecular complexity index is 795. The van der Waals surface area contributed by atoms with E-state index in [1.54, 1.807) is 0 Å². The van der Waals surface area contributed by atoms with Crippen LogP contribution in [0.5, 0.6) is 0 Å². The minimum Gasteiger partial charge on any atom is -0.370 e. The third-order valence-electron chi connectivity index (χ3n) is 5.68. The van der Waals surface area contributed by atoms with E-state index >= 15 is 0 Å². The summed E-state index contributed by atoms with van der Waals surface area (Å²) >= 11 is 0. The Morgan fingerprint density at radius 2 is 1.61 bits per heavy atom. The topological polar surface area (TPSA) is 53.6 Å². The Balaban J connectivity index is 0.00000225. The maximum atomic E-state index is 6.08. The lowest BCUT2D eigenvalue weighted by molar-refractivity contribution is 0.221. The van der Waals surface area contributed by atoms with Crippen LogP contribution in [0.4, 0.5) is 5.69 Å². The average molecular weight is 490 g/mol. The molecule has 0 unspecified atom stereocenters. The molecule has 1 fully saturated rings. The number of likely N-dealkylation sites (tertiary alicyclic amines) is 1. The number of anilines is 1. The van der Waals surface area contributed by atoms with Crippen LogP contribution in [0, 0.1) is 0 Å². The van der Waals surface area contributed by atoms with Crippen LogP contribution in [0.15, 0.2) is 47.5 Å². The van der Waals surface area contributed by atoms with Gasteiger partial charge >= 0.3 is 0 Å². The number of nitrogens with two attached hydrogens (primary N) is 1. The van der Waals surface area contributed by atoms with E-state index in [1.807, 2.05) is 0 Å². The molecule has 0 aromatic heterocycles. The van der Waals surface area contributed by atoms with Gasteiger partial charge in [0, 0.05) is 12.2 Å². The number of nitrogens with one attached hydrogen (secondary N) is 1. The van der Waals surface area contributed by atoms with Crippen molar-refractivity contribution in [3.05, 3.63) is 64.7 Å². The molecule has 4 nitrogen and oxygen atoms in total. The molecule has 1 heterocycles. The molecule has 1 aliphatic carbocycles. The number of guanidine groups is 1. The molecule has 2 aromatic rings. The molecular formula is C23H31IN4. The Morgan fingerprint density at radius 1 is 0.893 bits per heavy atom. The van der Waals surface area contributed by atoms with Crippen molar-refractivity contribution >= 4 is 35.6 Å². The smallest absolute Gasteiger partial charge is 0.193 e. The molecule has 1 saturated heterocycles. The summed E-state index contributed by atoms with van der Waals surface area (Å²) in [4.78, 5) is 7.05. The van der Waals surface area contributed by atoms with Crippen LogP contribution in [0.3, 0.4) is 0 Å². The molecule has 0 atom stereocenters. The van der Waals surface area contributed by atoms with Crippen molar-refractivity contribution in [3.63, 3.8) is 0 Å². The number of hydrogen-bond acceptors (Lipinski definition) is 2. The van der Waals surface area contributed by atoms with Gasteiger partial charge in [0.05, 0.1) is 6.54 Å². The molecule has 0 amide bonds. The Morgan fingerprint density at radius 3 is 2.39 bits per heavy atom. The summed E-state index contributed by atoms with van der Waals surface area (Å²) in [6.45, 7) is 4.13. The first-order chi connectivity index (χ1) is 13.3. The number of rotatable bonds is 5. The summed E-state index contributed by atoms with van der Waals surface area (Å²) in [7, 11) is 0. The number of fused-ring (bicyclic) bond motifs is 1. The maximum Gasteiger partial charge on any atom is 0.193 e. The standard InChI is InChI=1S/C23H30N4.HI/c24-23(26-22-12-11-20-5-4-6-21(20)15-22)25-16-18-7-9-19(10-8-18)17-27-13-2-1-3-14-27;/h7-12,15H,1-6,13-14,16-17H2,(H3,24,25,26);1H. The molecule has 28 heavy (non-hydrogen) atoms. The highest BCUT2D eigenvalue weighted by Crippen LogP contribution is 2.24. The highest BCUT2D eigenvalue weighted by atomic mass is 127. The number of halogens is 1. The van der Waals surface area contributed by atoms with Crippen LogP contribution < -0.4 is 11.1 Å². The lowest BCUT2D eigenvalue weighted by atomic mass is 10.1. The minimum atomic E-state index is 0. The molecule has 0 spiro atoms. The molecule has 3 N–H and O–H groups in total. The van der Waals surface area contributed by atoms with Gasteiger partial charge in [-0.2, -0.15) is 0 Å². The zero-order chi connectivity index (χ0) is 18.5. The number of hydrogen-bond donors (Lipinski definition) is 2. The van der Waals surface area contributed by atoms with Gasteiger partial charge in [-0.15, -0.1) is 24.0 Å². The number of benzene rings is 2. The Kier molecular flexibility index (Phi) is 7.73. The maximum absolute atomic E-state index is 6.08. The molecule has 2 aromatic carbocycles. The number of nitrogens with zero attached hydrogens (tertiary/aromatic N) is 2. The van der Waals surface area contributed by atoms with Gasteiger partial charge in [0.15, 0.2) is 5.96 Å². The van der Waals surface area contributed by atoms with Crippen LogP contribution in [-0.4, -0.2) is 23.9 Å². The predicted octanol–water partition coefficient (Wildman–Crippen LogP) is 4.71. The van der Waals surface area contributed by atoms with Gasteiger partial charge in [0.2, 0.25) is 0 Å². The third kappa shape index (κ3) is 5.70. The second-order valence-electron chi connectivity index (χ2n) is 7.82. The fourth-order valence-corrected chi connectivity index (χ4v) is 4.14. The van der Waals surface area contributed by atoms with E-state index in [2.05, 4.69) is 57.7 Å². The van der Waals surface area contributed by atoms with Crippen LogP contribution in [-0.2, 0) is 25.9 Å². The first-order valence-corrected chi connectivity index (χ1v) is 10.3. The largest absolute Gasteiger partial charge is 0.370 e. The Hall–Kier alpha value is -1.60. The van der Waals surface area contributed by atoms with E-state index < -0.39 is 0 Å². The van der Waals surface area contributed by atoms with Crippen molar-refractivity contribution in [3.8, 4) is 0 Å². The molecule has 0 bridgehead atoms. The van der Waals surface area contributed by atoms with Gasteiger partial charge < -0.3 is 11.1 Å². The van der Waals surface area contributed by atoms with E-state index in [1.165, 1.54) is 73.9 Å². The van der Waals surface area contributed by atoms with Gasteiger partial charge in [-0.25, -0.2) is 4.99 Å². The summed E-state index contributed by atoms with van der Waals surface area (Å²) in [6.07, 6.45) is 7.69. The first kappa shape index (κ1) is 21.1. The lowest BCUT2D eigenvalue weighted by Gasteiger charge is -2.26. The van der Waals surface area contributed by atoms with Crippen molar-refractivity contribution in [2.75, 3.05) is 18.4 Å². The SMILES string of the molecule is I.NC(=NCc1ccc(CN2CCCCC2)cc1)Nc1ccc2c(c1)CCC2. The van der Waals surface area contributed by atoms with Gasteiger partial charge in [-0.3, -0.25) is 4.90 Å². The fourth-order valence-electron chi connectivity index (χ4n) is 4.14. The number of aliphatic imine (C=N–C) groups is 1. The zero-order valence-electron chi connectivity index (χ0n) is 16.5. The van der Waals surface area contributed by atoms with Crippen LogP contribution >= 0.6 is 24.0 Å². The number of aryl methyl sites for hydroxylation is 2. The Labute approximate surface area is 185 Å². The quantitative estimate of drug-likeness (QED) is 0.363. The lowest BCUT2D eigenvalue weighted by Crippen LogP contribution is -2.29. The van der Waals surface area contributed by atoms with E-state index in [9.17, 15) is 0 Å². The molecule has 0 saturated carbocycles. The average Bonchev–Trinajstić information content (AvgIpc) is 3.16. The van der Waals surface area contributed by atoms with Crippen molar-refractivity contribution in [2.45, 2.75) is 51.6 Å². The summed E-state index contributed by atoms with van der Waals surface area (Å²) < 4.78 is 0. The third-order valence-corrected chi connectivity index (χ3v) is 5.68. The normalized spacial score (nSPS) is 17.1. The van der Waals surface area contributed by atoms with Crippen LogP contribution in [0.1, 0.15) is 47.9 Å². The van der Waals surface area contributed by atoms with Gasteiger partial charge in [-0.1, -0.05) is 36.8 Å². The van der Waals surface area contributed by atoms with E-state index in [0.29, 0.717) is 12.5 Å². The van der Waals surface area contributed by atoms with Crippen LogP contribution in [0.25, 0.3) is 0 Å². The van der Waals surface area contributed by atoms with E-state index in [4.69, 9.17) is 5.73 Å². The minimum absolute atomic E-state index is 0. The van der Waals surface area contributed by atoms with E-state index in [0.717, 1.165) is 12.2 Å². The first-order valence-electron chi connectivity index (χ1n) is 10.3. The summed E-state index contributed by atoms with van der Waals surface area (Å²) in [5.74, 6) is 0.477. The monoisotopic (exact) mass is 490 g/mol. The van der Waals surface area contributed by atoms with Crippen molar-refractivity contribution in [2.24, 2.45) is 10.7 Å². The van der Waals surface area contributed by atoms with Gasteiger partial charge in [-0.05, 0) is 79.6 Å². The summed E-state index contributed by atoms with van der Waals surface area (Å²) in [5, 5.41) is 3.23. The number of piperidine rings is 1. The van der Waals surface area contributed by atoms with Crippen molar-refractivity contribution < 1.29 is 0 Å². The highest BCUT2D eigenvalue weighted by molar-refractivity contribution is 14.0. The zero-order valence-corrected chi connectivity index (χ0v) is 18.8. The van der Waals surface area contributed by atoms with Gasteiger partial charge in [0.1, 0.15) is 0 Å². The van der Waals surface area contributed by atoms with Crippen molar-refractivity contribution in [1.82, 2.24) is 4.90 Å². The fraction of sp³-hybridized carbons (Fsp3) is 0.435. The molecule has 1 aliphatic heterocycles. The molecular weight excluding hydrogens is 459 g/mol. The molecule has 2 aliphatic rings.